The van der Waals surface area contributed by atoms with E-state index in [0.29, 0.717) is 22.4 Å². The molecule has 0 unspecified atom stereocenters. The fourth-order valence-corrected chi connectivity index (χ4v) is 1.64. The molecule has 0 radical (unpaired) electrons. The van der Waals surface area contributed by atoms with Gasteiger partial charge in [0.05, 0.1) is 6.26 Å². The summed E-state index contributed by atoms with van der Waals surface area (Å²) in [6.07, 6.45) is 1.60. The van der Waals surface area contributed by atoms with Crippen molar-refractivity contribution >= 4 is 11.6 Å². The molecule has 0 atom stereocenters. The van der Waals surface area contributed by atoms with Crippen LogP contribution < -0.4 is 0 Å². The number of hydrogen-bond donors (Lipinski definition) is 1. The molecule has 3 aromatic rings. The predicted molar refractivity (Wildman–Crippen MR) is 64.5 cm³/mol. The fourth-order valence-electron chi connectivity index (χ4n) is 1.51. The Bertz CT molecular complexity index is 614. The van der Waals surface area contributed by atoms with E-state index >= 15 is 0 Å². The molecule has 2 aromatic heterocycles. The van der Waals surface area contributed by atoms with Crippen molar-refractivity contribution in [3.05, 3.63) is 47.7 Å². The maximum absolute atomic E-state index is 5.82. The van der Waals surface area contributed by atoms with Crippen LogP contribution >= 0.6 is 11.6 Å². The largest absolute Gasteiger partial charge is 0.461 e. The van der Waals surface area contributed by atoms with Gasteiger partial charge in [0.2, 0.25) is 0 Å². The van der Waals surface area contributed by atoms with Crippen LogP contribution in [0.3, 0.4) is 0 Å². The standard InChI is InChI=1S/C12H8ClN3O/c13-9-5-3-8(4-6-9)11-14-12(16-15-11)10-2-1-7-17-10/h1-7H,(H,14,15,16). The van der Waals surface area contributed by atoms with Crippen molar-refractivity contribution in [3.63, 3.8) is 0 Å². The van der Waals surface area contributed by atoms with Gasteiger partial charge in [0.25, 0.3) is 0 Å². The lowest BCUT2D eigenvalue weighted by atomic mass is 10.2. The molecule has 0 spiro atoms. The Balaban J connectivity index is 1.98. The Morgan fingerprint density at radius 1 is 1.12 bits per heavy atom. The highest BCUT2D eigenvalue weighted by Crippen LogP contribution is 2.21. The third-order valence-corrected chi connectivity index (χ3v) is 2.59. The van der Waals surface area contributed by atoms with Gasteiger partial charge in [-0.05, 0) is 36.4 Å². The van der Waals surface area contributed by atoms with Crippen molar-refractivity contribution in [2.45, 2.75) is 0 Å². The maximum atomic E-state index is 5.82. The van der Waals surface area contributed by atoms with E-state index in [4.69, 9.17) is 16.0 Å². The van der Waals surface area contributed by atoms with Gasteiger partial charge in [-0.2, -0.15) is 5.10 Å². The number of halogens is 1. The topological polar surface area (TPSA) is 54.7 Å². The highest BCUT2D eigenvalue weighted by Gasteiger charge is 2.09. The van der Waals surface area contributed by atoms with Crippen molar-refractivity contribution in [2.24, 2.45) is 0 Å². The van der Waals surface area contributed by atoms with Gasteiger partial charge in [-0.25, -0.2) is 4.98 Å². The van der Waals surface area contributed by atoms with Crippen molar-refractivity contribution in [1.82, 2.24) is 15.2 Å². The molecule has 0 amide bonds. The van der Waals surface area contributed by atoms with E-state index in [-0.39, 0.29) is 0 Å². The number of rotatable bonds is 2. The second kappa shape index (κ2) is 4.07. The lowest BCUT2D eigenvalue weighted by molar-refractivity contribution is 0.577. The predicted octanol–water partition coefficient (Wildman–Crippen LogP) is 3.39. The summed E-state index contributed by atoms with van der Waals surface area (Å²) in [7, 11) is 0. The summed E-state index contributed by atoms with van der Waals surface area (Å²) < 4.78 is 5.23. The first-order chi connectivity index (χ1) is 8.33. The number of aromatic nitrogens is 3. The van der Waals surface area contributed by atoms with Gasteiger partial charge in [0.15, 0.2) is 17.4 Å². The minimum Gasteiger partial charge on any atom is -0.461 e. The number of nitrogens with zero attached hydrogens (tertiary/aromatic N) is 2. The molecule has 5 heteroatoms. The zero-order chi connectivity index (χ0) is 11.7. The number of benzene rings is 1. The summed E-state index contributed by atoms with van der Waals surface area (Å²) >= 11 is 5.82. The molecule has 0 saturated heterocycles. The summed E-state index contributed by atoms with van der Waals surface area (Å²) in [4.78, 5) is 4.35. The average Bonchev–Trinajstić information content (AvgIpc) is 3.00. The molecule has 3 rings (SSSR count). The molecule has 0 aliphatic heterocycles. The fraction of sp³-hybridized carbons (Fsp3) is 0. The first-order valence-electron chi connectivity index (χ1n) is 5.05. The quantitative estimate of drug-likeness (QED) is 0.753. The monoisotopic (exact) mass is 245 g/mol. The zero-order valence-electron chi connectivity index (χ0n) is 8.72. The second-order valence-electron chi connectivity index (χ2n) is 3.49. The van der Waals surface area contributed by atoms with Crippen LogP contribution in [0.25, 0.3) is 23.0 Å². The molecular weight excluding hydrogens is 238 g/mol. The van der Waals surface area contributed by atoms with Gasteiger partial charge in [0.1, 0.15) is 0 Å². The zero-order valence-corrected chi connectivity index (χ0v) is 9.48. The van der Waals surface area contributed by atoms with Crippen LogP contribution in [-0.4, -0.2) is 15.2 Å². The van der Waals surface area contributed by atoms with Gasteiger partial charge < -0.3 is 4.42 Å². The number of H-pyrrole nitrogens is 1. The summed E-state index contributed by atoms with van der Waals surface area (Å²) in [5, 5.41) is 7.66. The summed E-state index contributed by atoms with van der Waals surface area (Å²) in [6.45, 7) is 0. The molecule has 17 heavy (non-hydrogen) atoms. The van der Waals surface area contributed by atoms with Gasteiger partial charge in [-0.15, -0.1) is 0 Å². The molecule has 0 fully saturated rings. The Labute approximate surface area is 102 Å². The minimum absolute atomic E-state index is 0.611. The molecule has 1 aromatic carbocycles. The molecule has 84 valence electrons. The van der Waals surface area contributed by atoms with Gasteiger partial charge in [-0.3, -0.25) is 5.10 Å². The third-order valence-electron chi connectivity index (χ3n) is 2.34. The summed E-state index contributed by atoms with van der Waals surface area (Å²) in [5.41, 5.74) is 0.906. The SMILES string of the molecule is Clc1ccc(-c2n[nH]c(-c3ccco3)n2)cc1. The highest BCUT2D eigenvalue weighted by atomic mass is 35.5. The molecule has 0 aliphatic rings. The molecule has 4 nitrogen and oxygen atoms in total. The average molecular weight is 246 g/mol. The second-order valence-corrected chi connectivity index (χ2v) is 3.93. The minimum atomic E-state index is 0.611. The molecule has 1 N–H and O–H groups in total. The van der Waals surface area contributed by atoms with E-state index in [1.807, 2.05) is 18.2 Å². The van der Waals surface area contributed by atoms with Gasteiger partial charge in [0, 0.05) is 10.6 Å². The van der Waals surface area contributed by atoms with Crippen LogP contribution in [0, 0.1) is 0 Å². The van der Waals surface area contributed by atoms with Crippen LogP contribution in [-0.2, 0) is 0 Å². The Morgan fingerprint density at radius 3 is 2.65 bits per heavy atom. The molecule has 2 heterocycles. The lowest BCUT2D eigenvalue weighted by Crippen LogP contribution is -1.79. The van der Waals surface area contributed by atoms with E-state index < -0.39 is 0 Å². The number of nitrogens with one attached hydrogen (secondary N) is 1. The van der Waals surface area contributed by atoms with Crippen LogP contribution in [0.5, 0.6) is 0 Å². The van der Waals surface area contributed by atoms with Crippen molar-refractivity contribution < 1.29 is 4.42 Å². The van der Waals surface area contributed by atoms with Crippen molar-refractivity contribution in [1.29, 1.82) is 0 Å². The molecular formula is C12H8ClN3O. The summed E-state index contributed by atoms with van der Waals surface area (Å²) in [5.74, 6) is 1.89. The smallest absolute Gasteiger partial charge is 0.192 e. The lowest BCUT2D eigenvalue weighted by Gasteiger charge is -1.93. The first-order valence-corrected chi connectivity index (χ1v) is 5.43. The number of aromatic amines is 1. The van der Waals surface area contributed by atoms with Crippen LogP contribution in [0.1, 0.15) is 0 Å². The summed E-state index contributed by atoms with van der Waals surface area (Å²) in [6, 6.07) is 11.0. The van der Waals surface area contributed by atoms with Crippen LogP contribution in [0.4, 0.5) is 0 Å². The molecule has 0 saturated carbocycles. The third kappa shape index (κ3) is 1.94. The number of hydrogen-bond acceptors (Lipinski definition) is 3. The Hall–Kier alpha value is -2.07. The van der Waals surface area contributed by atoms with Gasteiger partial charge in [-0.1, -0.05) is 11.6 Å². The van der Waals surface area contributed by atoms with E-state index in [0.717, 1.165) is 5.56 Å². The first kappa shape index (κ1) is 10.1. The Kier molecular flexibility index (Phi) is 2.42. The van der Waals surface area contributed by atoms with Gasteiger partial charge >= 0.3 is 0 Å². The van der Waals surface area contributed by atoms with E-state index in [1.165, 1.54) is 0 Å². The molecule has 0 aliphatic carbocycles. The Morgan fingerprint density at radius 2 is 1.94 bits per heavy atom. The van der Waals surface area contributed by atoms with Crippen LogP contribution in [0.2, 0.25) is 5.02 Å². The maximum Gasteiger partial charge on any atom is 0.192 e. The number of furan rings is 1. The molecule has 0 bridgehead atoms. The van der Waals surface area contributed by atoms with Crippen molar-refractivity contribution in [2.75, 3.05) is 0 Å². The van der Waals surface area contributed by atoms with Crippen LogP contribution in [0.15, 0.2) is 47.1 Å². The normalized spacial score (nSPS) is 10.6. The van der Waals surface area contributed by atoms with E-state index in [2.05, 4.69) is 15.2 Å². The highest BCUT2D eigenvalue weighted by molar-refractivity contribution is 6.30. The van der Waals surface area contributed by atoms with E-state index in [9.17, 15) is 0 Å². The van der Waals surface area contributed by atoms with Crippen molar-refractivity contribution in [3.8, 4) is 23.0 Å². The van der Waals surface area contributed by atoms with E-state index in [1.54, 1.807) is 24.5 Å².